The Labute approximate surface area is 204 Å². The Hall–Kier alpha value is -2.29. The van der Waals surface area contributed by atoms with Crippen molar-refractivity contribution in [2.75, 3.05) is 29.9 Å². The van der Waals surface area contributed by atoms with Crippen LogP contribution >= 0.6 is 0 Å². The van der Waals surface area contributed by atoms with Crippen LogP contribution in [0.5, 0.6) is 0 Å². The molecule has 35 heavy (non-hydrogen) atoms. The second-order valence-corrected chi connectivity index (χ2v) is 10.7. The summed E-state index contributed by atoms with van der Waals surface area (Å²) in [5.41, 5.74) is 3.59. The number of hydrogen-bond donors (Lipinski definition) is 2. The molecule has 194 valence electrons. The van der Waals surface area contributed by atoms with Crippen LogP contribution in [-0.2, 0) is 9.59 Å². The summed E-state index contributed by atoms with van der Waals surface area (Å²) in [6, 6.07) is 7.95. The molecule has 2 heterocycles. The van der Waals surface area contributed by atoms with E-state index in [-0.39, 0.29) is 11.8 Å². The number of carboxylic acid groups (broad SMARTS) is 1. The van der Waals surface area contributed by atoms with Gasteiger partial charge in [-0.1, -0.05) is 6.42 Å². The monoisotopic (exact) mass is 495 g/mol. The van der Waals surface area contributed by atoms with Gasteiger partial charge in [-0.2, -0.15) is 13.2 Å². The lowest BCUT2D eigenvalue weighted by Gasteiger charge is -2.29. The number of fused-ring (bicyclic) bond motifs is 2. The molecule has 1 amide bonds. The highest BCUT2D eigenvalue weighted by molar-refractivity contribution is 5.93. The maximum Gasteiger partial charge on any atom is 0.490 e. The van der Waals surface area contributed by atoms with Gasteiger partial charge < -0.3 is 15.3 Å². The van der Waals surface area contributed by atoms with Crippen molar-refractivity contribution in [3.05, 3.63) is 23.8 Å². The number of aryl methyl sites for hydroxylation is 1. The number of likely N-dealkylation sites (tertiary alicyclic amines) is 1. The number of nitrogens with zero attached hydrogens (tertiary/aromatic N) is 2. The Morgan fingerprint density at radius 1 is 1.09 bits per heavy atom. The van der Waals surface area contributed by atoms with Crippen molar-refractivity contribution >= 4 is 23.3 Å². The molecule has 0 spiro atoms. The van der Waals surface area contributed by atoms with Crippen LogP contribution in [-0.4, -0.2) is 59.8 Å². The summed E-state index contributed by atoms with van der Waals surface area (Å²) in [6.07, 6.45) is 3.88. The first-order valence-corrected chi connectivity index (χ1v) is 12.7. The van der Waals surface area contributed by atoms with E-state index in [1.807, 2.05) is 0 Å². The van der Waals surface area contributed by atoms with E-state index in [2.05, 4.69) is 47.2 Å². The number of aliphatic carboxylic acids is 1. The minimum atomic E-state index is -5.08. The largest absolute Gasteiger partial charge is 0.490 e. The van der Waals surface area contributed by atoms with E-state index in [0.29, 0.717) is 12.0 Å². The summed E-state index contributed by atoms with van der Waals surface area (Å²) in [7, 11) is 0. The Kier molecular flexibility index (Phi) is 7.64. The number of alkyl halides is 3. The molecule has 4 aliphatic rings. The average Bonchev–Trinajstić information content (AvgIpc) is 3.58. The van der Waals surface area contributed by atoms with Crippen LogP contribution in [0.2, 0.25) is 0 Å². The second-order valence-electron chi connectivity index (χ2n) is 10.7. The third-order valence-electron chi connectivity index (χ3n) is 8.36. The van der Waals surface area contributed by atoms with E-state index in [1.54, 1.807) is 0 Å². The van der Waals surface area contributed by atoms with Crippen molar-refractivity contribution in [1.82, 2.24) is 4.90 Å². The number of anilines is 2. The van der Waals surface area contributed by atoms with Crippen molar-refractivity contribution in [3.63, 3.8) is 0 Å². The average molecular weight is 496 g/mol. The maximum atomic E-state index is 12.8. The van der Waals surface area contributed by atoms with E-state index in [1.165, 1.54) is 56.3 Å². The highest BCUT2D eigenvalue weighted by Gasteiger charge is 2.43. The molecular weight excluding hydrogens is 459 g/mol. The molecule has 5 atom stereocenters. The molecule has 2 bridgehead atoms. The van der Waals surface area contributed by atoms with Gasteiger partial charge in [0.15, 0.2) is 0 Å². The number of halogens is 3. The molecule has 2 saturated heterocycles. The van der Waals surface area contributed by atoms with E-state index in [0.717, 1.165) is 37.2 Å². The van der Waals surface area contributed by atoms with Crippen molar-refractivity contribution in [2.24, 2.45) is 17.8 Å². The van der Waals surface area contributed by atoms with Crippen LogP contribution in [0.4, 0.5) is 24.5 Å². The summed E-state index contributed by atoms with van der Waals surface area (Å²) < 4.78 is 31.7. The molecule has 2 aliphatic heterocycles. The minimum absolute atomic E-state index is 0.250. The molecule has 4 fully saturated rings. The fraction of sp³-hybridized carbons (Fsp3) is 0.692. The van der Waals surface area contributed by atoms with Gasteiger partial charge in [-0.3, -0.25) is 9.69 Å². The minimum Gasteiger partial charge on any atom is -0.475 e. The van der Waals surface area contributed by atoms with Crippen LogP contribution in [0.15, 0.2) is 18.2 Å². The van der Waals surface area contributed by atoms with Crippen LogP contribution < -0.4 is 10.2 Å². The lowest BCUT2D eigenvalue weighted by Crippen LogP contribution is -2.39. The predicted molar refractivity (Wildman–Crippen MR) is 128 cm³/mol. The number of hydrogen-bond acceptors (Lipinski definition) is 4. The van der Waals surface area contributed by atoms with Gasteiger partial charge in [0.1, 0.15) is 0 Å². The number of amides is 1. The molecule has 1 aromatic rings. The normalized spacial score (nSPS) is 30.3. The molecule has 0 aromatic heterocycles. The fourth-order valence-electron chi connectivity index (χ4n) is 6.62. The van der Waals surface area contributed by atoms with Crippen LogP contribution in [0.25, 0.3) is 0 Å². The number of benzene rings is 1. The Balaban J connectivity index is 0.000000364. The number of carboxylic acids is 1. The van der Waals surface area contributed by atoms with Gasteiger partial charge in [0.25, 0.3) is 0 Å². The van der Waals surface area contributed by atoms with E-state index < -0.39 is 12.1 Å². The van der Waals surface area contributed by atoms with Crippen molar-refractivity contribution in [1.29, 1.82) is 0 Å². The number of nitrogens with one attached hydrogen (secondary N) is 1. The van der Waals surface area contributed by atoms with Gasteiger partial charge >= 0.3 is 12.1 Å². The molecule has 2 aliphatic carbocycles. The molecule has 2 saturated carbocycles. The van der Waals surface area contributed by atoms with Gasteiger partial charge in [0.2, 0.25) is 5.91 Å². The first-order chi connectivity index (χ1) is 16.5. The summed E-state index contributed by atoms with van der Waals surface area (Å²) >= 11 is 0. The molecule has 9 heteroatoms. The van der Waals surface area contributed by atoms with E-state index >= 15 is 0 Å². The topological polar surface area (TPSA) is 72.9 Å². The Morgan fingerprint density at radius 2 is 1.83 bits per heavy atom. The summed E-state index contributed by atoms with van der Waals surface area (Å²) in [5, 5.41) is 10.3. The maximum absolute atomic E-state index is 12.8. The van der Waals surface area contributed by atoms with Gasteiger partial charge in [0, 0.05) is 42.5 Å². The smallest absolute Gasteiger partial charge is 0.475 e. The zero-order valence-electron chi connectivity index (χ0n) is 20.5. The molecule has 1 aromatic carbocycles. The van der Waals surface area contributed by atoms with Gasteiger partial charge in [-0.25, -0.2) is 4.79 Å². The van der Waals surface area contributed by atoms with E-state index in [4.69, 9.17) is 9.90 Å². The number of rotatable bonds is 4. The first kappa shape index (κ1) is 25.8. The molecule has 5 rings (SSSR count). The van der Waals surface area contributed by atoms with Crippen molar-refractivity contribution in [3.8, 4) is 0 Å². The third kappa shape index (κ3) is 5.93. The first-order valence-electron chi connectivity index (χ1n) is 12.7. The molecule has 6 nitrogen and oxygen atoms in total. The summed E-state index contributed by atoms with van der Waals surface area (Å²) in [6.45, 7) is 8.13. The number of carbonyl (C=O) groups is 2. The SMILES string of the molecule is Cc1cc(NC(=O)C2C[C@@H]3CC[C@H]2C3)ccc1N1CCC(N2CCCC2C)C1.O=C(O)C(F)(F)F. The third-order valence-corrected chi connectivity index (χ3v) is 8.36. The Bertz CT molecular complexity index is 938. The van der Waals surface area contributed by atoms with Crippen LogP contribution in [0.3, 0.4) is 0 Å². The predicted octanol–water partition coefficient (Wildman–Crippen LogP) is 5.07. The molecular formula is C26H36F3N3O3. The van der Waals surface area contributed by atoms with Gasteiger partial charge in [0.05, 0.1) is 0 Å². The summed E-state index contributed by atoms with van der Waals surface area (Å²) in [5.74, 6) is -0.803. The van der Waals surface area contributed by atoms with Crippen LogP contribution in [0, 0.1) is 24.7 Å². The molecule has 0 radical (unpaired) electrons. The van der Waals surface area contributed by atoms with E-state index in [9.17, 15) is 18.0 Å². The molecule has 3 unspecified atom stereocenters. The quantitative estimate of drug-likeness (QED) is 0.611. The lowest BCUT2D eigenvalue weighted by atomic mass is 9.88. The second kappa shape index (κ2) is 10.4. The van der Waals surface area contributed by atoms with Crippen molar-refractivity contribution in [2.45, 2.75) is 77.1 Å². The molecule has 2 N–H and O–H groups in total. The zero-order chi connectivity index (χ0) is 25.3. The highest BCUT2D eigenvalue weighted by Crippen LogP contribution is 2.48. The summed E-state index contributed by atoms with van der Waals surface area (Å²) in [4.78, 5) is 26.9. The van der Waals surface area contributed by atoms with Gasteiger partial charge in [-0.15, -0.1) is 0 Å². The van der Waals surface area contributed by atoms with Crippen molar-refractivity contribution < 1.29 is 27.9 Å². The highest BCUT2D eigenvalue weighted by atomic mass is 19.4. The zero-order valence-corrected chi connectivity index (χ0v) is 20.5. The lowest BCUT2D eigenvalue weighted by molar-refractivity contribution is -0.192. The standard InChI is InChI=1S/C24H35N3O.C2HF3O2/c1-16-12-20(25-24(28)22-14-18-5-6-19(22)13-18)7-8-23(16)26-11-9-21(15-26)27-10-3-4-17(27)2;3-2(4,5)1(6)7/h7-8,12,17-19,21-22H,3-6,9-11,13-15H2,1-2H3,(H,25,28);(H,6,7)/t17?,18-,19+,21?,22?;/m1./s1. The van der Waals surface area contributed by atoms with Gasteiger partial charge in [-0.05, 0) is 94.5 Å². The Morgan fingerprint density at radius 3 is 2.37 bits per heavy atom. The number of carbonyl (C=O) groups excluding carboxylic acids is 1. The fourth-order valence-corrected chi connectivity index (χ4v) is 6.62. The van der Waals surface area contributed by atoms with Crippen LogP contribution in [0.1, 0.15) is 57.4 Å².